The molecule has 0 bridgehead atoms. The summed E-state index contributed by atoms with van der Waals surface area (Å²) in [4.78, 5) is 21.0. The Kier molecular flexibility index (Phi) is 4.14. The lowest BCUT2D eigenvalue weighted by Gasteiger charge is -2.09. The van der Waals surface area contributed by atoms with E-state index >= 15 is 0 Å². The van der Waals surface area contributed by atoms with Crippen LogP contribution in [0.15, 0.2) is 48.7 Å². The number of para-hydroxylation sites is 2. The standard InChI is InChI=1S/C17H18N4O/c1-2-16-20-14-8-3-4-9-15(14)21(16)12-17(22)19-11-13-7-5-6-10-18-13/h3-10H,2,11-12H2,1H3,(H,19,22). The van der Waals surface area contributed by atoms with E-state index in [0.717, 1.165) is 29.0 Å². The summed E-state index contributed by atoms with van der Waals surface area (Å²) < 4.78 is 1.98. The van der Waals surface area contributed by atoms with Crippen LogP contribution in [0.25, 0.3) is 11.0 Å². The van der Waals surface area contributed by atoms with Gasteiger partial charge in [0.2, 0.25) is 5.91 Å². The molecule has 0 fully saturated rings. The first kappa shape index (κ1) is 14.3. The fourth-order valence-electron chi connectivity index (χ4n) is 2.46. The van der Waals surface area contributed by atoms with Crippen LogP contribution in [0.2, 0.25) is 0 Å². The number of carbonyl (C=O) groups is 1. The lowest BCUT2D eigenvalue weighted by atomic mass is 10.3. The van der Waals surface area contributed by atoms with E-state index in [1.165, 1.54) is 0 Å². The number of benzene rings is 1. The number of hydrogen-bond donors (Lipinski definition) is 1. The predicted octanol–water partition coefficient (Wildman–Crippen LogP) is 2.31. The average molecular weight is 294 g/mol. The van der Waals surface area contributed by atoms with Crippen LogP contribution in [0, 0.1) is 0 Å². The Labute approximate surface area is 129 Å². The number of carbonyl (C=O) groups excluding carboxylic acids is 1. The smallest absolute Gasteiger partial charge is 0.240 e. The summed E-state index contributed by atoms with van der Waals surface area (Å²) >= 11 is 0. The highest BCUT2D eigenvalue weighted by Gasteiger charge is 2.12. The molecule has 2 aromatic heterocycles. The number of nitrogens with zero attached hydrogens (tertiary/aromatic N) is 3. The molecule has 0 saturated carbocycles. The molecule has 0 aliphatic rings. The number of fused-ring (bicyclic) bond motifs is 1. The van der Waals surface area contributed by atoms with Crippen molar-refractivity contribution in [2.24, 2.45) is 0 Å². The first-order valence-electron chi connectivity index (χ1n) is 7.38. The van der Waals surface area contributed by atoms with E-state index in [9.17, 15) is 4.79 Å². The second-order valence-electron chi connectivity index (χ2n) is 5.05. The second kappa shape index (κ2) is 6.39. The highest BCUT2D eigenvalue weighted by atomic mass is 16.1. The molecule has 0 aliphatic heterocycles. The van der Waals surface area contributed by atoms with Crippen LogP contribution in [0.5, 0.6) is 0 Å². The van der Waals surface area contributed by atoms with Crippen LogP contribution in [-0.4, -0.2) is 20.4 Å². The highest BCUT2D eigenvalue weighted by molar-refractivity contribution is 5.81. The van der Waals surface area contributed by atoms with Gasteiger partial charge in [-0.15, -0.1) is 0 Å². The third-order valence-electron chi connectivity index (χ3n) is 3.54. The molecule has 22 heavy (non-hydrogen) atoms. The van der Waals surface area contributed by atoms with Gasteiger partial charge >= 0.3 is 0 Å². The Morgan fingerprint density at radius 2 is 2.00 bits per heavy atom. The SMILES string of the molecule is CCc1nc2ccccc2n1CC(=O)NCc1ccccn1. The molecule has 2 heterocycles. The largest absolute Gasteiger partial charge is 0.349 e. The second-order valence-corrected chi connectivity index (χ2v) is 5.05. The zero-order chi connectivity index (χ0) is 15.4. The number of rotatable bonds is 5. The van der Waals surface area contributed by atoms with Crippen molar-refractivity contribution in [1.82, 2.24) is 19.9 Å². The van der Waals surface area contributed by atoms with Crippen LogP contribution in [-0.2, 0) is 24.3 Å². The maximum Gasteiger partial charge on any atom is 0.240 e. The minimum atomic E-state index is -0.0384. The monoisotopic (exact) mass is 294 g/mol. The van der Waals surface area contributed by atoms with Crippen molar-refractivity contribution >= 4 is 16.9 Å². The number of imidazole rings is 1. The Morgan fingerprint density at radius 1 is 1.18 bits per heavy atom. The molecule has 5 nitrogen and oxygen atoms in total. The molecule has 3 aromatic rings. The van der Waals surface area contributed by atoms with Crippen LogP contribution in [0.1, 0.15) is 18.4 Å². The molecule has 112 valence electrons. The number of hydrogen-bond acceptors (Lipinski definition) is 3. The van der Waals surface area contributed by atoms with Gasteiger partial charge in [-0.25, -0.2) is 4.98 Å². The van der Waals surface area contributed by atoms with Crippen molar-refractivity contribution in [3.05, 3.63) is 60.2 Å². The third-order valence-corrected chi connectivity index (χ3v) is 3.54. The molecule has 0 atom stereocenters. The maximum absolute atomic E-state index is 12.2. The molecule has 0 spiro atoms. The molecule has 0 saturated heterocycles. The molecule has 0 aliphatic carbocycles. The van der Waals surface area contributed by atoms with Crippen molar-refractivity contribution in [1.29, 1.82) is 0 Å². The van der Waals surface area contributed by atoms with Crippen LogP contribution in [0.3, 0.4) is 0 Å². The van der Waals surface area contributed by atoms with E-state index in [2.05, 4.69) is 15.3 Å². The maximum atomic E-state index is 12.2. The fraction of sp³-hybridized carbons (Fsp3) is 0.235. The highest BCUT2D eigenvalue weighted by Crippen LogP contribution is 2.16. The summed E-state index contributed by atoms with van der Waals surface area (Å²) in [6.07, 6.45) is 2.52. The Bertz CT molecular complexity index is 780. The molecular weight excluding hydrogens is 276 g/mol. The average Bonchev–Trinajstić information content (AvgIpc) is 2.92. The van der Waals surface area contributed by atoms with E-state index < -0.39 is 0 Å². The number of nitrogens with one attached hydrogen (secondary N) is 1. The van der Waals surface area contributed by atoms with E-state index in [1.807, 2.05) is 54.0 Å². The summed E-state index contributed by atoms with van der Waals surface area (Å²) in [5.74, 6) is 0.887. The number of aromatic nitrogens is 3. The molecular formula is C17H18N4O. The van der Waals surface area contributed by atoms with Gasteiger partial charge in [-0.3, -0.25) is 9.78 Å². The fourth-order valence-corrected chi connectivity index (χ4v) is 2.46. The van der Waals surface area contributed by atoms with Crippen molar-refractivity contribution in [2.75, 3.05) is 0 Å². The normalized spacial score (nSPS) is 10.8. The Hall–Kier alpha value is -2.69. The minimum absolute atomic E-state index is 0.0384. The molecule has 1 amide bonds. The van der Waals surface area contributed by atoms with Gasteiger partial charge in [-0.05, 0) is 24.3 Å². The first-order chi connectivity index (χ1) is 10.8. The molecule has 0 unspecified atom stereocenters. The van der Waals surface area contributed by atoms with E-state index in [-0.39, 0.29) is 12.5 Å². The van der Waals surface area contributed by atoms with Crippen molar-refractivity contribution < 1.29 is 4.79 Å². The van der Waals surface area contributed by atoms with Crippen molar-refractivity contribution in [2.45, 2.75) is 26.4 Å². The van der Waals surface area contributed by atoms with Gasteiger partial charge in [0.15, 0.2) is 0 Å². The van der Waals surface area contributed by atoms with E-state index in [4.69, 9.17) is 0 Å². The van der Waals surface area contributed by atoms with Gasteiger partial charge in [0.1, 0.15) is 12.4 Å². The summed E-state index contributed by atoms with van der Waals surface area (Å²) in [5.41, 5.74) is 2.77. The third kappa shape index (κ3) is 2.98. The zero-order valence-electron chi connectivity index (χ0n) is 12.5. The Morgan fingerprint density at radius 3 is 2.77 bits per heavy atom. The van der Waals surface area contributed by atoms with E-state index in [0.29, 0.717) is 6.54 Å². The molecule has 1 N–H and O–H groups in total. The molecule has 0 radical (unpaired) electrons. The quantitative estimate of drug-likeness (QED) is 0.785. The van der Waals surface area contributed by atoms with Gasteiger partial charge in [-0.1, -0.05) is 25.1 Å². The van der Waals surface area contributed by atoms with E-state index in [1.54, 1.807) is 6.20 Å². The van der Waals surface area contributed by atoms with Crippen LogP contribution >= 0.6 is 0 Å². The van der Waals surface area contributed by atoms with Crippen molar-refractivity contribution in [3.8, 4) is 0 Å². The summed E-state index contributed by atoms with van der Waals surface area (Å²) in [6, 6.07) is 13.5. The topological polar surface area (TPSA) is 59.8 Å². The Balaban J connectivity index is 1.73. The molecule has 1 aromatic carbocycles. The lowest BCUT2D eigenvalue weighted by molar-refractivity contribution is -0.121. The number of aryl methyl sites for hydroxylation is 1. The molecule has 5 heteroatoms. The van der Waals surface area contributed by atoms with Crippen LogP contribution in [0.4, 0.5) is 0 Å². The first-order valence-corrected chi connectivity index (χ1v) is 7.38. The summed E-state index contributed by atoms with van der Waals surface area (Å²) in [7, 11) is 0. The zero-order valence-corrected chi connectivity index (χ0v) is 12.5. The van der Waals surface area contributed by atoms with Crippen molar-refractivity contribution in [3.63, 3.8) is 0 Å². The lowest BCUT2D eigenvalue weighted by Crippen LogP contribution is -2.28. The van der Waals surface area contributed by atoms with Crippen LogP contribution < -0.4 is 5.32 Å². The molecule has 3 rings (SSSR count). The van der Waals surface area contributed by atoms with Gasteiger partial charge in [0.05, 0.1) is 23.3 Å². The van der Waals surface area contributed by atoms with Gasteiger partial charge in [-0.2, -0.15) is 0 Å². The van der Waals surface area contributed by atoms with Gasteiger partial charge < -0.3 is 9.88 Å². The summed E-state index contributed by atoms with van der Waals surface area (Å²) in [5, 5.41) is 2.90. The summed E-state index contributed by atoms with van der Waals surface area (Å²) in [6.45, 7) is 2.76. The number of amides is 1. The number of pyridine rings is 1. The predicted molar refractivity (Wildman–Crippen MR) is 85.2 cm³/mol. The van der Waals surface area contributed by atoms with Gasteiger partial charge in [0, 0.05) is 12.6 Å². The minimum Gasteiger partial charge on any atom is -0.349 e. The van der Waals surface area contributed by atoms with Gasteiger partial charge in [0.25, 0.3) is 0 Å².